The van der Waals surface area contributed by atoms with Crippen molar-refractivity contribution in [2.75, 3.05) is 13.2 Å². The molecule has 1 N–H and O–H groups in total. The van der Waals surface area contributed by atoms with Crippen LogP contribution in [-0.2, 0) is 0 Å². The van der Waals surface area contributed by atoms with Gasteiger partial charge in [-0.1, -0.05) is 11.6 Å². The molecular formula is C14H19ClO3. The van der Waals surface area contributed by atoms with Gasteiger partial charge in [0.1, 0.15) is 0 Å². The highest BCUT2D eigenvalue weighted by molar-refractivity contribution is 6.31. The van der Waals surface area contributed by atoms with Crippen LogP contribution < -0.4 is 9.47 Å². The largest absolute Gasteiger partial charge is 0.490 e. The number of hydrogen-bond acceptors (Lipinski definition) is 3. The van der Waals surface area contributed by atoms with Gasteiger partial charge >= 0.3 is 0 Å². The third-order valence-electron chi connectivity index (χ3n) is 3.05. The van der Waals surface area contributed by atoms with Crippen LogP contribution in [0.1, 0.15) is 38.4 Å². The quantitative estimate of drug-likeness (QED) is 0.859. The van der Waals surface area contributed by atoms with E-state index in [0.717, 1.165) is 18.4 Å². The molecule has 0 saturated heterocycles. The molecule has 1 aliphatic rings. The SMILES string of the molecule is CCOc1cc(Cl)c(C(O)C2CC2)cc1OCC. The third-order valence-corrected chi connectivity index (χ3v) is 3.38. The Balaban J connectivity index is 2.32. The van der Waals surface area contributed by atoms with Gasteiger partial charge in [-0.2, -0.15) is 0 Å². The Morgan fingerprint density at radius 3 is 2.28 bits per heavy atom. The number of benzene rings is 1. The first-order chi connectivity index (χ1) is 8.67. The van der Waals surface area contributed by atoms with Crippen molar-refractivity contribution >= 4 is 11.6 Å². The Labute approximate surface area is 113 Å². The van der Waals surface area contributed by atoms with Crippen molar-refractivity contribution in [1.29, 1.82) is 0 Å². The second kappa shape index (κ2) is 5.81. The Bertz CT molecular complexity index is 416. The minimum Gasteiger partial charge on any atom is -0.490 e. The molecule has 3 nitrogen and oxygen atoms in total. The van der Waals surface area contributed by atoms with Crippen LogP contribution in [0.3, 0.4) is 0 Å². The molecule has 1 unspecified atom stereocenters. The molecule has 2 rings (SSSR count). The molecule has 1 saturated carbocycles. The molecule has 0 amide bonds. The van der Waals surface area contributed by atoms with Gasteiger partial charge in [0.15, 0.2) is 11.5 Å². The minimum absolute atomic E-state index is 0.343. The maximum Gasteiger partial charge on any atom is 0.162 e. The molecule has 0 spiro atoms. The maximum atomic E-state index is 10.2. The first kappa shape index (κ1) is 13.5. The summed E-state index contributed by atoms with van der Waals surface area (Å²) >= 11 is 6.21. The van der Waals surface area contributed by atoms with Gasteiger partial charge in [-0.3, -0.25) is 0 Å². The van der Waals surface area contributed by atoms with Crippen LogP contribution >= 0.6 is 11.6 Å². The topological polar surface area (TPSA) is 38.7 Å². The van der Waals surface area contributed by atoms with Crippen molar-refractivity contribution in [1.82, 2.24) is 0 Å². The summed E-state index contributed by atoms with van der Waals surface area (Å²) in [5.41, 5.74) is 0.742. The first-order valence-electron chi connectivity index (χ1n) is 6.44. The summed E-state index contributed by atoms with van der Waals surface area (Å²) in [7, 11) is 0. The molecule has 1 fully saturated rings. The highest BCUT2D eigenvalue weighted by Crippen LogP contribution is 2.45. The van der Waals surface area contributed by atoms with Gasteiger partial charge in [0, 0.05) is 11.6 Å². The predicted molar refractivity (Wildman–Crippen MR) is 71.5 cm³/mol. The van der Waals surface area contributed by atoms with Crippen molar-refractivity contribution in [3.63, 3.8) is 0 Å². The highest BCUT2D eigenvalue weighted by atomic mass is 35.5. The van der Waals surface area contributed by atoms with E-state index >= 15 is 0 Å². The molecule has 0 aliphatic heterocycles. The number of ether oxygens (including phenoxy) is 2. The van der Waals surface area contributed by atoms with Gasteiger partial charge in [-0.25, -0.2) is 0 Å². The monoisotopic (exact) mass is 270 g/mol. The highest BCUT2D eigenvalue weighted by Gasteiger charge is 2.32. The molecular weight excluding hydrogens is 252 g/mol. The Morgan fingerprint density at radius 1 is 1.22 bits per heavy atom. The molecule has 0 bridgehead atoms. The predicted octanol–water partition coefficient (Wildman–Crippen LogP) is 3.58. The summed E-state index contributed by atoms with van der Waals surface area (Å²) in [6.45, 7) is 4.94. The van der Waals surface area contributed by atoms with Gasteiger partial charge in [-0.05, 0) is 38.7 Å². The zero-order valence-electron chi connectivity index (χ0n) is 10.8. The summed E-state index contributed by atoms with van der Waals surface area (Å²) in [5, 5.41) is 10.7. The summed E-state index contributed by atoms with van der Waals surface area (Å²) < 4.78 is 11.0. The molecule has 100 valence electrons. The smallest absolute Gasteiger partial charge is 0.162 e. The fraction of sp³-hybridized carbons (Fsp3) is 0.571. The van der Waals surface area contributed by atoms with Crippen molar-refractivity contribution in [3.8, 4) is 11.5 Å². The van der Waals surface area contributed by atoms with Crippen molar-refractivity contribution < 1.29 is 14.6 Å². The molecule has 18 heavy (non-hydrogen) atoms. The summed E-state index contributed by atoms with van der Waals surface area (Å²) in [5.74, 6) is 1.63. The van der Waals surface area contributed by atoms with E-state index in [9.17, 15) is 5.11 Å². The summed E-state index contributed by atoms with van der Waals surface area (Å²) in [6.07, 6.45) is 1.64. The van der Waals surface area contributed by atoms with Gasteiger partial charge in [0.2, 0.25) is 0 Å². The van der Waals surface area contributed by atoms with Crippen molar-refractivity contribution in [2.45, 2.75) is 32.8 Å². The molecule has 4 heteroatoms. The molecule has 0 heterocycles. The lowest BCUT2D eigenvalue weighted by molar-refractivity contribution is 0.153. The Morgan fingerprint density at radius 2 is 1.78 bits per heavy atom. The normalized spacial score (nSPS) is 16.4. The van der Waals surface area contributed by atoms with Gasteiger partial charge < -0.3 is 14.6 Å². The number of aliphatic hydroxyl groups is 1. The maximum absolute atomic E-state index is 10.2. The van der Waals surface area contributed by atoms with Crippen LogP contribution in [-0.4, -0.2) is 18.3 Å². The van der Waals surface area contributed by atoms with E-state index in [1.807, 2.05) is 13.8 Å². The average molecular weight is 271 g/mol. The van der Waals surface area contributed by atoms with Gasteiger partial charge in [-0.15, -0.1) is 0 Å². The second-order valence-corrected chi connectivity index (χ2v) is 4.88. The van der Waals surface area contributed by atoms with Crippen LogP contribution in [0.5, 0.6) is 11.5 Å². The number of aliphatic hydroxyl groups excluding tert-OH is 1. The van der Waals surface area contributed by atoms with E-state index in [1.54, 1.807) is 12.1 Å². The van der Waals surface area contributed by atoms with E-state index in [0.29, 0.717) is 35.7 Å². The van der Waals surface area contributed by atoms with Crippen molar-refractivity contribution in [3.05, 3.63) is 22.7 Å². The van der Waals surface area contributed by atoms with E-state index in [2.05, 4.69) is 0 Å². The number of halogens is 1. The van der Waals surface area contributed by atoms with Crippen LogP contribution in [0, 0.1) is 5.92 Å². The van der Waals surface area contributed by atoms with E-state index in [1.165, 1.54) is 0 Å². The standard InChI is InChI=1S/C14H19ClO3/c1-3-17-12-7-10(14(16)9-5-6-9)11(15)8-13(12)18-4-2/h7-9,14,16H,3-6H2,1-2H3. The Kier molecular flexibility index (Phi) is 4.36. The lowest BCUT2D eigenvalue weighted by Crippen LogP contribution is -2.04. The Hall–Kier alpha value is -0.930. The number of hydrogen-bond donors (Lipinski definition) is 1. The molecule has 1 aromatic carbocycles. The average Bonchev–Trinajstić information content (AvgIpc) is 3.16. The van der Waals surface area contributed by atoms with Gasteiger partial charge in [0.05, 0.1) is 24.3 Å². The van der Waals surface area contributed by atoms with Crippen molar-refractivity contribution in [2.24, 2.45) is 5.92 Å². The molecule has 1 atom stereocenters. The van der Waals surface area contributed by atoms with Crippen LogP contribution in [0.4, 0.5) is 0 Å². The zero-order chi connectivity index (χ0) is 13.1. The molecule has 1 aliphatic carbocycles. The van der Waals surface area contributed by atoms with Crippen LogP contribution in [0.15, 0.2) is 12.1 Å². The summed E-state index contributed by atoms with van der Waals surface area (Å²) in [6, 6.07) is 3.54. The fourth-order valence-corrected chi connectivity index (χ4v) is 2.25. The lowest BCUT2D eigenvalue weighted by Gasteiger charge is -2.17. The van der Waals surface area contributed by atoms with Gasteiger partial charge in [0.25, 0.3) is 0 Å². The molecule has 1 aromatic rings. The fourth-order valence-electron chi connectivity index (χ4n) is 1.98. The van der Waals surface area contributed by atoms with Crippen LogP contribution in [0.2, 0.25) is 5.02 Å². The van der Waals surface area contributed by atoms with E-state index in [-0.39, 0.29) is 0 Å². The first-order valence-corrected chi connectivity index (χ1v) is 6.82. The number of rotatable bonds is 6. The van der Waals surface area contributed by atoms with Crippen LogP contribution in [0.25, 0.3) is 0 Å². The summed E-state index contributed by atoms with van der Waals surface area (Å²) in [4.78, 5) is 0. The van der Waals surface area contributed by atoms with E-state index < -0.39 is 6.10 Å². The second-order valence-electron chi connectivity index (χ2n) is 4.47. The van der Waals surface area contributed by atoms with E-state index in [4.69, 9.17) is 21.1 Å². The molecule has 0 radical (unpaired) electrons. The minimum atomic E-state index is -0.493. The zero-order valence-corrected chi connectivity index (χ0v) is 11.5. The third kappa shape index (κ3) is 2.90. The molecule has 0 aromatic heterocycles. The lowest BCUT2D eigenvalue weighted by atomic mass is 10.0.